The molecule has 1 N–H and O–H groups in total. The topological polar surface area (TPSA) is 38.3 Å². The van der Waals surface area contributed by atoms with Gasteiger partial charge in [0.1, 0.15) is 0 Å². The van der Waals surface area contributed by atoms with Crippen LogP contribution in [0, 0.1) is 5.92 Å². The van der Waals surface area contributed by atoms with E-state index >= 15 is 0 Å². The lowest BCUT2D eigenvalue weighted by molar-refractivity contribution is 0.0526. The second-order valence-electron chi connectivity index (χ2n) is 6.41. The van der Waals surface area contributed by atoms with Gasteiger partial charge in [0.25, 0.3) is 0 Å². The van der Waals surface area contributed by atoms with E-state index in [1.807, 2.05) is 25.1 Å². The monoisotopic (exact) mass is 319 g/mol. The van der Waals surface area contributed by atoms with Gasteiger partial charge >= 0.3 is 5.97 Å². The number of hydrogen-bond donors (Lipinski definition) is 1. The van der Waals surface area contributed by atoms with Gasteiger partial charge in [-0.05, 0) is 48.6 Å². The molecular weight excluding hydrogens is 298 g/mol. The van der Waals surface area contributed by atoms with E-state index in [1.54, 1.807) is 0 Å². The third-order valence-corrected chi connectivity index (χ3v) is 5.03. The van der Waals surface area contributed by atoms with Crippen molar-refractivity contribution >= 4 is 11.7 Å². The first-order chi connectivity index (χ1) is 11.8. The number of carbonyl (C=O) groups is 1. The van der Waals surface area contributed by atoms with Gasteiger partial charge in [-0.1, -0.05) is 42.5 Å². The number of carbonyl (C=O) groups excluding carboxylic acids is 1. The van der Waals surface area contributed by atoms with Gasteiger partial charge in [-0.3, -0.25) is 0 Å². The molecule has 3 atom stereocenters. The predicted molar refractivity (Wildman–Crippen MR) is 95.2 cm³/mol. The van der Waals surface area contributed by atoms with Crippen molar-refractivity contribution in [3.05, 3.63) is 77.4 Å². The summed E-state index contributed by atoms with van der Waals surface area (Å²) in [6.07, 6.45) is 5.61. The zero-order chi connectivity index (χ0) is 16.5. The van der Waals surface area contributed by atoms with Crippen molar-refractivity contribution in [3.63, 3.8) is 0 Å². The molecule has 0 saturated heterocycles. The minimum atomic E-state index is -0.246. The second kappa shape index (κ2) is 6.16. The van der Waals surface area contributed by atoms with Crippen molar-refractivity contribution in [2.24, 2.45) is 5.92 Å². The maximum absolute atomic E-state index is 12.0. The number of allylic oxidation sites excluding steroid dienone is 2. The Morgan fingerprint density at radius 1 is 1.21 bits per heavy atom. The number of ether oxygens (including phenoxy) is 1. The molecule has 3 nitrogen and oxygen atoms in total. The third-order valence-electron chi connectivity index (χ3n) is 5.03. The number of hydrogen-bond acceptors (Lipinski definition) is 3. The minimum Gasteiger partial charge on any atom is -0.462 e. The molecule has 3 heteroatoms. The fraction of sp³-hybridized carbons (Fsp3) is 0.286. The van der Waals surface area contributed by atoms with E-state index in [9.17, 15) is 4.79 Å². The van der Waals surface area contributed by atoms with Crippen LogP contribution in [0.4, 0.5) is 5.69 Å². The zero-order valence-electron chi connectivity index (χ0n) is 13.7. The summed E-state index contributed by atoms with van der Waals surface area (Å²) in [7, 11) is 0. The molecule has 0 amide bonds. The van der Waals surface area contributed by atoms with E-state index in [4.69, 9.17) is 4.74 Å². The summed E-state index contributed by atoms with van der Waals surface area (Å²) in [6.45, 7) is 2.23. The van der Waals surface area contributed by atoms with E-state index < -0.39 is 0 Å². The number of anilines is 1. The van der Waals surface area contributed by atoms with Crippen LogP contribution in [0.3, 0.4) is 0 Å². The van der Waals surface area contributed by atoms with E-state index in [1.165, 1.54) is 11.1 Å². The first-order valence-corrected chi connectivity index (χ1v) is 8.57. The van der Waals surface area contributed by atoms with Crippen molar-refractivity contribution in [1.29, 1.82) is 0 Å². The van der Waals surface area contributed by atoms with Crippen molar-refractivity contribution < 1.29 is 9.53 Å². The molecule has 2 aliphatic rings. The predicted octanol–water partition coefficient (Wildman–Crippen LogP) is 4.69. The Hall–Kier alpha value is -2.55. The Kier molecular flexibility index (Phi) is 3.85. The lowest BCUT2D eigenvalue weighted by Gasteiger charge is -2.37. The molecule has 0 radical (unpaired) electrons. The van der Waals surface area contributed by atoms with Crippen LogP contribution in [-0.2, 0) is 4.74 Å². The third kappa shape index (κ3) is 2.50. The standard InChI is InChI=1S/C21H21NO2/c1-2-24-21(23)15-11-12-19-18(13-15)16-9-6-10-17(16)20(22-19)14-7-4-3-5-8-14/h3-9,11-13,16-17,20,22H,2,10H2,1H3/t16-,17-,20+/m0/s1. The van der Waals surface area contributed by atoms with Gasteiger partial charge < -0.3 is 10.1 Å². The summed E-state index contributed by atoms with van der Waals surface area (Å²) in [4.78, 5) is 12.0. The van der Waals surface area contributed by atoms with Crippen molar-refractivity contribution in [2.75, 3.05) is 11.9 Å². The quantitative estimate of drug-likeness (QED) is 0.659. The summed E-state index contributed by atoms with van der Waals surface area (Å²) in [5.41, 5.74) is 4.27. The first-order valence-electron chi connectivity index (χ1n) is 8.57. The van der Waals surface area contributed by atoms with Crippen LogP contribution in [0.2, 0.25) is 0 Å². The van der Waals surface area contributed by atoms with Crippen LogP contribution >= 0.6 is 0 Å². The highest BCUT2D eigenvalue weighted by molar-refractivity contribution is 5.90. The summed E-state index contributed by atoms with van der Waals surface area (Å²) in [5, 5.41) is 3.69. The van der Waals surface area contributed by atoms with E-state index in [2.05, 4.69) is 47.8 Å². The van der Waals surface area contributed by atoms with Gasteiger partial charge in [-0.15, -0.1) is 0 Å². The number of esters is 1. The van der Waals surface area contributed by atoms with Gasteiger partial charge in [-0.25, -0.2) is 4.79 Å². The molecule has 0 fully saturated rings. The first kappa shape index (κ1) is 15.0. The summed E-state index contributed by atoms with van der Waals surface area (Å²) in [5.74, 6) is 0.585. The van der Waals surface area contributed by atoms with E-state index in [0.717, 1.165) is 12.1 Å². The molecule has 0 aromatic heterocycles. The number of nitrogens with one attached hydrogen (secondary N) is 1. The maximum Gasteiger partial charge on any atom is 0.338 e. The number of rotatable bonds is 3. The SMILES string of the molecule is CCOC(=O)c1ccc2c(c1)[C@H]1C=CC[C@@H]1[C@@H](c1ccccc1)N2. The number of fused-ring (bicyclic) bond motifs is 3. The Morgan fingerprint density at radius 3 is 2.83 bits per heavy atom. The molecule has 2 aromatic rings. The fourth-order valence-corrected chi connectivity index (χ4v) is 3.93. The van der Waals surface area contributed by atoms with E-state index in [0.29, 0.717) is 30.0 Å². The normalized spacial score (nSPS) is 24.0. The average molecular weight is 319 g/mol. The Morgan fingerprint density at radius 2 is 2.04 bits per heavy atom. The maximum atomic E-state index is 12.0. The van der Waals surface area contributed by atoms with Gasteiger partial charge in [0.2, 0.25) is 0 Å². The molecule has 0 bridgehead atoms. The molecule has 0 unspecified atom stereocenters. The van der Waals surface area contributed by atoms with Crippen LogP contribution in [0.25, 0.3) is 0 Å². The molecule has 0 spiro atoms. The van der Waals surface area contributed by atoms with Crippen molar-refractivity contribution in [3.8, 4) is 0 Å². The Labute approximate surface area is 142 Å². The second-order valence-corrected chi connectivity index (χ2v) is 6.41. The van der Waals surface area contributed by atoms with Crippen molar-refractivity contribution in [2.45, 2.75) is 25.3 Å². The van der Waals surface area contributed by atoms with Gasteiger partial charge in [0.15, 0.2) is 0 Å². The Bertz CT molecular complexity index is 782. The average Bonchev–Trinajstić information content (AvgIpc) is 3.11. The zero-order valence-corrected chi connectivity index (χ0v) is 13.7. The van der Waals surface area contributed by atoms with Crippen LogP contribution in [-0.4, -0.2) is 12.6 Å². The fourth-order valence-electron chi connectivity index (χ4n) is 3.93. The van der Waals surface area contributed by atoms with Gasteiger partial charge in [-0.2, -0.15) is 0 Å². The molecule has 4 rings (SSSR count). The summed E-state index contributed by atoms with van der Waals surface area (Å²) in [6, 6.07) is 16.8. The van der Waals surface area contributed by atoms with Crippen LogP contribution in [0.15, 0.2) is 60.7 Å². The highest BCUT2D eigenvalue weighted by Crippen LogP contribution is 2.49. The molecule has 2 aromatic carbocycles. The molecule has 24 heavy (non-hydrogen) atoms. The van der Waals surface area contributed by atoms with Crippen LogP contribution < -0.4 is 5.32 Å². The number of benzene rings is 2. The Balaban J connectivity index is 1.72. The molecule has 0 saturated carbocycles. The summed E-state index contributed by atoms with van der Waals surface area (Å²) >= 11 is 0. The summed E-state index contributed by atoms with van der Waals surface area (Å²) < 4.78 is 5.14. The molecule has 1 aliphatic carbocycles. The van der Waals surface area contributed by atoms with Crippen molar-refractivity contribution in [1.82, 2.24) is 0 Å². The molecule has 1 aliphatic heterocycles. The van der Waals surface area contributed by atoms with E-state index in [-0.39, 0.29) is 5.97 Å². The highest BCUT2D eigenvalue weighted by Gasteiger charge is 2.38. The van der Waals surface area contributed by atoms with Gasteiger partial charge in [0, 0.05) is 11.6 Å². The highest BCUT2D eigenvalue weighted by atomic mass is 16.5. The smallest absolute Gasteiger partial charge is 0.338 e. The molecule has 122 valence electrons. The molecular formula is C21H21NO2. The lowest BCUT2D eigenvalue weighted by atomic mass is 9.76. The minimum absolute atomic E-state index is 0.246. The molecule has 1 heterocycles. The lowest BCUT2D eigenvalue weighted by Crippen LogP contribution is -2.29. The largest absolute Gasteiger partial charge is 0.462 e. The van der Waals surface area contributed by atoms with Gasteiger partial charge in [0.05, 0.1) is 18.2 Å². The van der Waals surface area contributed by atoms with Crippen LogP contribution in [0.5, 0.6) is 0 Å². The van der Waals surface area contributed by atoms with Crippen LogP contribution in [0.1, 0.15) is 46.8 Å².